The molecule has 0 heterocycles. The van der Waals surface area contributed by atoms with Gasteiger partial charge in [0.1, 0.15) is 6.42 Å². The van der Waals surface area contributed by atoms with Crippen molar-refractivity contribution >= 4 is 8.07 Å². The highest BCUT2D eigenvalue weighted by molar-refractivity contribution is 6.80. The van der Waals surface area contributed by atoms with Crippen LogP contribution >= 0.6 is 0 Å². The first-order chi connectivity index (χ1) is 7.02. The molecule has 90 valence electrons. The molecule has 0 bridgehead atoms. The van der Waals surface area contributed by atoms with Gasteiger partial charge >= 0.3 is 8.07 Å². The van der Waals surface area contributed by atoms with Crippen LogP contribution in [-0.4, -0.2) is 15.2 Å². The van der Waals surface area contributed by atoms with Crippen LogP contribution in [-0.2, 0) is 4.74 Å². The van der Waals surface area contributed by atoms with Gasteiger partial charge in [0.15, 0.2) is 5.73 Å². The third kappa shape index (κ3) is 7.92. The van der Waals surface area contributed by atoms with Crippen molar-refractivity contribution in [2.45, 2.75) is 71.5 Å². The highest BCUT2D eigenvalue weighted by Gasteiger charge is 2.40. The lowest BCUT2D eigenvalue weighted by Gasteiger charge is -2.13. The Hall–Kier alpha value is 0.0469. The van der Waals surface area contributed by atoms with E-state index < -0.39 is 8.07 Å². The first-order valence-corrected chi connectivity index (χ1v) is 9.92. The summed E-state index contributed by atoms with van der Waals surface area (Å²) in [6.07, 6.45) is 9.42. The minimum Gasteiger partial charge on any atom is -0.215 e. The molecule has 0 aromatic heterocycles. The third-order valence-electron chi connectivity index (χ3n) is 2.84. The van der Waals surface area contributed by atoms with Crippen molar-refractivity contribution in [3.8, 4) is 0 Å². The minimum atomic E-state index is -1.17. The number of methoxy groups -OCH3 is 1. The van der Waals surface area contributed by atoms with Gasteiger partial charge in [0.2, 0.25) is 0 Å². The quantitative estimate of drug-likeness (QED) is 0.314. The number of hydrogen-bond donors (Lipinski definition) is 0. The smallest absolute Gasteiger partial charge is 0.215 e. The predicted octanol–water partition coefficient (Wildman–Crippen LogP) is 4.79. The normalized spacial score (nSPS) is 11.8. The number of rotatable bonds is 9. The zero-order chi connectivity index (χ0) is 11.7. The van der Waals surface area contributed by atoms with Crippen molar-refractivity contribution in [3.05, 3.63) is 5.73 Å². The minimum absolute atomic E-state index is 1.17. The van der Waals surface area contributed by atoms with Gasteiger partial charge in [0.25, 0.3) is 0 Å². The molecular weight excluding hydrogens is 200 g/mol. The molecule has 0 aromatic rings. The molecule has 0 aliphatic heterocycles. The van der Waals surface area contributed by atoms with Crippen molar-refractivity contribution in [3.63, 3.8) is 0 Å². The maximum absolute atomic E-state index is 5.52. The summed E-state index contributed by atoms with van der Waals surface area (Å²) in [5.41, 5.74) is 1.39. The van der Waals surface area contributed by atoms with Gasteiger partial charge in [0.05, 0.1) is 7.11 Å². The maximum atomic E-state index is 5.52. The lowest BCUT2D eigenvalue weighted by molar-refractivity contribution is 0.231. The monoisotopic (exact) mass is 229 g/mol. The molecule has 0 rings (SSSR count). The largest absolute Gasteiger partial charge is 0.301 e. The van der Waals surface area contributed by atoms with E-state index in [9.17, 15) is 0 Å². The van der Waals surface area contributed by atoms with Crippen molar-refractivity contribution in [1.29, 1.82) is 0 Å². The molecule has 0 spiro atoms. The maximum Gasteiger partial charge on any atom is 0.301 e. The number of hydrogen-bond acceptors (Lipinski definition) is 1. The molecule has 0 saturated heterocycles. The van der Waals surface area contributed by atoms with Crippen LogP contribution in [0.15, 0.2) is 0 Å². The van der Waals surface area contributed by atoms with Gasteiger partial charge in [-0.2, -0.15) is 0 Å². The second-order valence-corrected chi connectivity index (χ2v) is 10.5. The van der Waals surface area contributed by atoms with E-state index in [1.54, 1.807) is 0 Å². The molecule has 0 aliphatic carbocycles. The van der Waals surface area contributed by atoms with Crippen molar-refractivity contribution in [2.24, 2.45) is 0 Å². The van der Waals surface area contributed by atoms with E-state index in [2.05, 4.69) is 26.6 Å². The second kappa shape index (κ2) is 8.23. The third-order valence-corrected chi connectivity index (χ3v) is 4.97. The lowest BCUT2D eigenvalue weighted by Crippen LogP contribution is -2.32. The van der Waals surface area contributed by atoms with Crippen LogP contribution in [0.1, 0.15) is 51.9 Å². The summed E-state index contributed by atoms with van der Waals surface area (Å²) in [6.45, 7) is 9.36. The Morgan fingerprint density at radius 2 is 1.47 bits per heavy atom. The number of unbranched alkanes of at least 4 members (excludes halogenated alkanes) is 5. The van der Waals surface area contributed by atoms with Crippen molar-refractivity contribution < 1.29 is 4.74 Å². The Kier molecular flexibility index (Phi) is 8.25. The van der Waals surface area contributed by atoms with Crippen LogP contribution in [0.3, 0.4) is 0 Å². The molecule has 0 N–H and O–H groups in total. The Balaban J connectivity index is 3.48. The Morgan fingerprint density at radius 3 is 1.93 bits per heavy atom. The summed E-state index contributed by atoms with van der Waals surface area (Å²) < 4.78 is 5.52. The average molecular weight is 229 g/mol. The topological polar surface area (TPSA) is 9.23 Å². The predicted molar refractivity (Wildman–Crippen MR) is 71.6 cm³/mol. The van der Waals surface area contributed by atoms with Crippen molar-refractivity contribution in [1.82, 2.24) is 0 Å². The molecule has 0 radical (unpaired) electrons. The molecule has 0 aromatic carbocycles. The van der Waals surface area contributed by atoms with E-state index in [0.717, 1.165) is 0 Å². The van der Waals surface area contributed by atoms with E-state index in [1.165, 1.54) is 50.7 Å². The van der Waals surface area contributed by atoms with Gasteiger partial charge in [-0.25, -0.2) is 4.74 Å². The van der Waals surface area contributed by atoms with E-state index >= 15 is 0 Å². The van der Waals surface area contributed by atoms with E-state index in [-0.39, 0.29) is 0 Å². The van der Waals surface area contributed by atoms with Crippen LogP contribution in [0, 0.1) is 5.73 Å². The molecule has 0 atom stereocenters. The Labute approximate surface area is 97.6 Å². The van der Waals surface area contributed by atoms with E-state index in [0.29, 0.717) is 0 Å². The van der Waals surface area contributed by atoms with Gasteiger partial charge in [0, 0.05) is 0 Å². The van der Waals surface area contributed by atoms with Crippen LogP contribution in [0.5, 0.6) is 0 Å². The SMILES string of the molecule is CCCCCCCC[C+](OC)[Si](C)(C)C. The zero-order valence-corrected chi connectivity index (χ0v) is 12.4. The van der Waals surface area contributed by atoms with Crippen LogP contribution in [0.2, 0.25) is 19.6 Å². The summed E-state index contributed by atoms with van der Waals surface area (Å²) in [5, 5.41) is 0. The van der Waals surface area contributed by atoms with Crippen LogP contribution < -0.4 is 0 Å². The summed E-state index contributed by atoms with van der Waals surface area (Å²) in [4.78, 5) is 0. The summed E-state index contributed by atoms with van der Waals surface area (Å²) in [5.74, 6) is 0. The van der Waals surface area contributed by atoms with Crippen molar-refractivity contribution in [2.75, 3.05) is 7.11 Å². The molecule has 2 heteroatoms. The molecule has 0 unspecified atom stereocenters. The fourth-order valence-corrected chi connectivity index (χ4v) is 3.39. The zero-order valence-electron chi connectivity index (χ0n) is 11.4. The molecule has 0 saturated carbocycles. The fraction of sp³-hybridized carbons (Fsp3) is 0.923. The van der Waals surface area contributed by atoms with Gasteiger partial charge in [-0.1, -0.05) is 32.6 Å². The first kappa shape index (κ1) is 15.0. The molecule has 0 amide bonds. The molecule has 0 fully saturated rings. The summed E-state index contributed by atoms with van der Waals surface area (Å²) >= 11 is 0. The van der Waals surface area contributed by atoms with Gasteiger partial charge in [-0.15, -0.1) is 0 Å². The van der Waals surface area contributed by atoms with Crippen LogP contribution in [0.25, 0.3) is 0 Å². The fourth-order valence-electron chi connectivity index (χ4n) is 1.85. The molecule has 1 nitrogen and oxygen atoms in total. The lowest BCUT2D eigenvalue weighted by atomic mass is 10.1. The highest BCUT2D eigenvalue weighted by Crippen LogP contribution is 2.24. The van der Waals surface area contributed by atoms with Gasteiger partial charge < -0.3 is 0 Å². The molecule has 15 heavy (non-hydrogen) atoms. The van der Waals surface area contributed by atoms with E-state index in [4.69, 9.17) is 4.74 Å². The van der Waals surface area contributed by atoms with Gasteiger partial charge in [-0.05, 0) is 32.5 Å². The Morgan fingerprint density at radius 1 is 0.933 bits per heavy atom. The highest BCUT2D eigenvalue weighted by atomic mass is 28.3. The second-order valence-electron chi connectivity index (χ2n) is 5.40. The van der Waals surface area contributed by atoms with Crippen LogP contribution in [0.4, 0.5) is 0 Å². The standard InChI is InChI=1S/C13H29OSi/c1-6-7-8-9-10-11-12-13(14-2)15(3,4)5/h6-12H2,1-5H3/q+1. The number of ether oxygens (including phenoxy) is 1. The van der Waals surface area contributed by atoms with E-state index in [1.807, 2.05) is 7.11 Å². The Bertz CT molecular complexity index is 140. The summed E-state index contributed by atoms with van der Waals surface area (Å²) in [6, 6.07) is 0. The molecular formula is C13H29OSi+. The molecule has 0 aliphatic rings. The van der Waals surface area contributed by atoms with Gasteiger partial charge in [-0.3, -0.25) is 0 Å². The first-order valence-electron chi connectivity index (χ1n) is 6.42. The summed E-state index contributed by atoms with van der Waals surface area (Å²) in [7, 11) is 0.670. The average Bonchev–Trinajstić information content (AvgIpc) is 2.15.